The van der Waals surface area contributed by atoms with Gasteiger partial charge in [0, 0.05) is 19.8 Å². The SMILES string of the molecule is CCNC(=O)CNc1nn(C)cc1N. The summed E-state index contributed by atoms with van der Waals surface area (Å²) in [5.74, 6) is 0.469. The summed E-state index contributed by atoms with van der Waals surface area (Å²) in [5, 5.41) is 9.56. The molecule has 0 saturated heterocycles. The highest BCUT2D eigenvalue weighted by Crippen LogP contribution is 2.13. The average Bonchev–Trinajstić information content (AvgIpc) is 2.42. The Kier molecular flexibility index (Phi) is 3.33. The first kappa shape index (κ1) is 10.4. The van der Waals surface area contributed by atoms with Crippen molar-refractivity contribution in [1.82, 2.24) is 15.1 Å². The van der Waals surface area contributed by atoms with Crippen molar-refractivity contribution in [3.8, 4) is 0 Å². The zero-order chi connectivity index (χ0) is 10.6. The molecule has 78 valence electrons. The molecule has 1 amide bonds. The monoisotopic (exact) mass is 197 g/mol. The molecule has 0 saturated carbocycles. The second-order valence-corrected chi connectivity index (χ2v) is 2.91. The molecule has 4 N–H and O–H groups in total. The van der Waals surface area contributed by atoms with Crippen molar-refractivity contribution in [3.63, 3.8) is 0 Å². The van der Waals surface area contributed by atoms with Crippen LogP contribution in [0.15, 0.2) is 6.20 Å². The first-order valence-electron chi connectivity index (χ1n) is 4.43. The summed E-state index contributed by atoms with van der Waals surface area (Å²) in [4.78, 5) is 11.1. The first-order valence-corrected chi connectivity index (χ1v) is 4.43. The fourth-order valence-corrected chi connectivity index (χ4v) is 1.07. The van der Waals surface area contributed by atoms with E-state index in [2.05, 4.69) is 15.7 Å². The van der Waals surface area contributed by atoms with Crippen molar-refractivity contribution < 1.29 is 4.79 Å². The van der Waals surface area contributed by atoms with Gasteiger partial charge in [0.1, 0.15) is 0 Å². The Bertz CT molecular complexity index is 320. The van der Waals surface area contributed by atoms with E-state index in [1.54, 1.807) is 17.9 Å². The predicted octanol–water partition coefficient (Wildman–Crippen LogP) is -0.450. The Morgan fingerprint density at radius 3 is 2.93 bits per heavy atom. The maximum Gasteiger partial charge on any atom is 0.239 e. The van der Waals surface area contributed by atoms with E-state index in [0.29, 0.717) is 18.1 Å². The predicted molar refractivity (Wildman–Crippen MR) is 54.8 cm³/mol. The molecular formula is C8H15N5O. The number of nitrogen functional groups attached to an aromatic ring is 1. The smallest absolute Gasteiger partial charge is 0.239 e. The number of carbonyl (C=O) groups excluding carboxylic acids is 1. The number of likely N-dealkylation sites (N-methyl/N-ethyl adjacent to an activating group) is 1. The molecule has 1 rings (SSSR count). The molecule has 0 atom stereocenters. The van der Waals surface area contributed by atoms with Crippen molar-refractivity contribution in [2.45, 2.75) is 6.92 Å². The largest absolute Gasteiger partial charge is 0.394 e. The van der Waals surface area contributed by atoms with Gasteiger partial charge in [-0.25, -0.2) is 0 Å². The number of anilines is 2. The van der Waals surface area contributed by atoms with E-state index >= 15 is 0 Å². The number of nitrogens with two attached hydrogens (primary N) is 1. The van der Waals surface area contributed by atoms with Crippen LogP contribution in [0.2, 0.25) is 0 Å². The molecule has 0 aromatic carbocycles. The number of amides is 1. The summed E-state index contributed by atoms with van der Waals surface area (Å²) < 4.78 is 1.59. The lowest BCUT2D eigenvalue weighted by atomic mass is 10.5. The topological polar surface area (TPSA) is 85.0 Å². The zero-order valence-corrected chi connectivity index (χ0v) is 8.37. The molecule has 1 aromatic heterocycles. The molecule has 1 aromatic rings. The normalized spacial score (nSPS) is 9.86. The Balaban J connectivity index is 2.45. The summed E-state index contributed by atoms with van der Waals surface area (Å²) in [7, 11) is 1.77. The molecule has 0 bridgehead atoms. The number of nitrogens with zero attached hydrogens (tertiary/aromatic N) is 2. The van der Waals surface area contributed by atoms with Gasteiger partial charge in [-0.3, -0.25) is 9.48 Å². The van der Waals surface area contributed by atoms with Gasteiger partial charge in [-0.15, -0.1) is 0 Å². The average molecular weight is 197 g/mol. The summed E-state index contributed by atoms with van der Waals surface area (Å²) in [6, 6.07) is 0. The number of nitrogens with one attached hydrogen (secondary N) is 2. The van der Waals surface area contributed by atoms with Gasteiger partial charge in [-0.1, -0.05) is 0 Å². The Labute approximate surface area is 82.5 Å². The van der Waals surface area contributed by atoms with E-state index in [4.69, 9.17) is 5.73 Å². The fourth-order valence-electron chi connectivity index (χ4n) is 1.07. The van der Waals surface area contributed by atoms with Crippen LogP contribution in [-0.4, -0.2) is 28.8 Å². The van der Waals surface area contributed by atoms with Crippen LogP contribution in [0.3, 0.4) is 0 Å². The van der Waals surface area contributed by atoms with Gasteiger partial charge in [0.2, 0.25) is 5.91 Å². The highest BCUT2D eigenvalue weighted by molar-refractivity contribution is 5.81. The van der Waals surface area contributed by atoms with Crippen LogP contribution in [-0.2, 0) is 11.8 Å². The Hall–Kier alpha value is -1.72. The third kappa shape index (κ3) is 2.65. The molecule has 6 heteroatoms. The number of aromatic nitrogens is 2. The number of hydrogen-bond acceptors (Lipinski definition) is 4. The van der Waals surface area contributed by atoms with E-state index in [9.17, 15) is 4.79 Å². The lowest BCUT2D eigenvalue weighted by Crippen LogP contribution is -2.29. The summed E-state index contributed by atoms with van der Waals surface area (Å²) in [6.07, 6.45) is 1.68. The summed E-state index contributed by atoms with van der Waals surface area (Å²) in [5.41, 5.74) is 6.16. The number of hydrogen-bond donors (Lipinski definition) is 3. The molecule has 6 nitrogen and oxygen atoms in total. The minimum atomic E-state index is -0.0717. The van der Waals surface area contributed by atoms with E-state index < -0.39 is 0 Å². The van der Waals surface area contributed by atoms with E-state index in [-0.39, 0.29) is 12.5 Å². The quantitative estimate of drug-likeness (QED) is 0.610. The van der Waals surface area contributed by atoms with E-state index in [0.717, 1.165) is 0 Å². The lowest BCUT2D eigenvalue weighted by molar-refractivity contribution is -0.119. The van der Waals surface area contributed by atoms with E-state index in [1.165, 1.54) is 0 Å². The molecule has 0 aliphatic carbocycles. The van der Waals surface area contributed by atoms with Crippen LogP contribution >= 0.6 is 0 Å². The zero-order valence-electron chi connectivity index (χ0n) is 8.37. The lowest BCUT2D eigenvalue weighted by Gasteiger charge is -2.03. The summed E-state index contributed by atoms with van der Waals surface area (Å²) in [6.45, 7) is 2.68. The highest BCUT2D eigenvalue weighted by atomic mass is 16.1. The molecule has 0 unspecified atom stereocenters. The van der Waals surface area contributed by atoms with Crippen LogP contribution in [0.25, 0.3) is 0 Å². The summed E-state index contributed by atoms with van der Waals surface area (Å²) >= 11 is 0. The molecule has 0 fully saturated rings. The third-order valence-electron chi connectivity index (χ3n) is 1.65. The minimum Gasteiger partial charge on any atom is -0.394 e. The second kappa shape index (κ2) is 4.50. The van der Waals surface area contributed by atoms with Crippen molar-refractivity contribution in [2.75, 3.05) is 24.1 Å². The Morgan fingerprint density at radius 2 is 2.43 bits per heavy atom. The molecule has 14 heavy (non-hydrogen) atoms. The van der Waals surface area contributed by atoms with Gasteiger partial charge in [0.05, 0.1) is 12.2 Å². The number of carbonyl (C=O) groups is 1. The maximum absolute atomic E-state index is 11.1. The van der Waals surface area contributed by atoms with Gasteiger partial charge in [-0.05, 0) is 6.92 Å². The maximum atomic E-state index is 11.1. The van der Waals surface area contributed by atoms with Crippen molar-refractivity contribution in [3.05, 3.63) is 6.20 Å². The molecule has 0 radical (unpaired) electrons. The van der Waals surface area contributed by atoms with Crippen molar-refractivity contribution in [2.24, 2.45) is 7.05 Å². The van der Waals surface area contributed by atoms with Crippen molar-refractivity contribution in [1.29, 1.82) is 0 Å². The number of rotatable bonds is 4. The fraction of sp³-hybridized carbons (Fsp3) is 0.500. The van der Waals surface area contributed by atoms with Crippen LogP contribution in [0.4, 0.5) is 11.5 Å². The number of aryl methyl sites for hydroxylation is 1. The van der Waals surface area contributed by atoms with Crippen LogP contribution in [0.1, 0.15) is 6.92 Å². The van der Waals surface area contributed by atoms with Crippen LogP contribution in [0.5, 0.6) is 0 Å². The highest BCUT2D eigenvalue weighted by Gasteiger charge is 2.05. The second-order valence-electron chi connectivity index (χ2n) is 2.91. The molecule has 0 aliphatic heterocycles. The van der Waals surface area contributed by atoms with Crippen molar-refractivity contribution >= 4 is 17.4 Å². The first-order chi connectivity index (χ1) is 6.63. The van der Waals surface area contributed by atoms with Gasteiger partial charge < -0.3 is 16.4 Å². The van der Waals surface area contributed by atoms with E-state index in [1.807, 2.05) is 6.92 Å². The minimum absolute atomic E-state index is 0.0717. The van der Waals surface area contributed by atoms with Crippen LogP contribution in [0, 0.1) is 0 Å². The third-order valence-corrected chi connectivity index (χ3v) is 1.65. The van der Waals surface area contributed by atoms with Gasteiger partial charge in [-0.2, -0.15) is 5.10 Å². The Morgan fingerprint density at radius 1 is 1.71 bits per heavy atom. The molecule has 1 heterocycles. The standard InChI is InChI=1S/C8H15N5O/c1-3-10-7(14)4-11-8-6(9)5-13(2)12-8/h5H,3-4,9H2,1-2H3,(H,10,14)(H,11,12). The molecule has 0 aliphatic rings. The molecule has 0 spiro atoms. The van der Waals surface area contributed by atoms with Gasteiger partial charge >= 0.3 is 0 Å². The van der Waals surface area contributed by atoms with Gasteiger partial charge in [0.25, 0.3) is 0 Å². The van der Waals surface area contributed by atoms with Crippen LogP contribution < -0.4 is 16.4 Å². The van der Waals surface area contributed by atoms with Gasteiger partial charge in [0.15, 0.2) is 5.82 Å². The molecular weight excluding hydrogens is 182 g/mol.